The van der Waals surface area contributed by atoms with Crippen molar-refractivity contribution in [3.63, 3.8) is 0 Å². The second kappa shape index (κ2) is 2.95. The van der Waals surface area contributed by atoms with Crippen molar-refractivity contribution in [2.24, 2.45) is 0 Å². The Morgan fingerprint density at radius 1 is 1.90 bits per heavy atom. The number of amides is 1. The average Bonchev–Trinajstić information content (AvgIpc) is 2.34. The van der Waals surface area contributed by atoms with Gasteiger partial charge in [-0.25, -0.2) is 0 Å². The molecule has 0 atom stereocenters. The molecule has 53 valence electrons. The Labute approximate surface area is 57.9 Å². The smallest absolute Gasteiger partial charge is 0.217 e. The highest BCUT2D eigenvalue weighted by atomic mass is 16.1. The number of H-pyrrole nitrogens is 1. The van der Waals surface area contributed by atoms with Crippen LogP contribution in [0.25, 0.3) is 0 Å². The van der Waals surface area contributed by atoms with Gasteiger partial charge in [-0.15, -0.1) is 10.2 Å². The van der Waals surface area contributed by atoms with E-state index in [0.29, 0.717) is 12.4 Å². The number of nitrogens with zero attached hydrogens (tertiary/aromatic N) is 2. The lowest BCUT2D eigenvalue weighted by Crippen LogP contribution is -2.19. The number of carbonyl (C=O) groups excluding carboxylic acids is 1. The summed E-state index contributed by atoms with van der Waals surface area (Å²) in [6, 6.07) is 0. The molecule has 0 saturated carbocycles. The van der Waals surface area contributed by atoms with Crippen LogP contribution < -0.4 is 5.32 Å². The third-order valence-electron chi connectivity index (χ3n) is 0.926. The summed E-state index contributed by atoms with van der Waals surface area (Å²) in [6.45, 7) is 1.83. The maximum atomic E-state index is 10.4. The van der Waals surface area contributed by atoms with Crippen LogP contribution in [0.1, 0.15) is 12.7 Å². The number of rotatable bonds is 2. The molecule has 5 heteroatoms. The molecular weight excluding hydrogens is 132 g/mol. The quantitative estimate of drug-likeness (QED) is 0.565. The van der Waals surface area contributed by atoms with Crippen molar-refractivity contribution >= 4 is 5.91 Å². The molecule has 10 heavy (non-hydrogen) atoms. The van der Waals surface area contributed by atoms with Crippen molar-refractivity contribution in [2.45, 2.75) is 13.5 Å². The SMILES string of the molecule is CC(=O)NCc1nn[c][nH]1. The molecule has 0 aliphatic heterocycles. The molecule has 1 aromatic rings. The van der Waals surface area contributed by atoms with Crippen LogP contribution in [-0.2, 0) is 11.3 Å². The van der Waals surface area contributed by atoms with E-state index in [4.69, 9.17) is 0 Å². The second-order valence-corrected chi connectivity index (χ2v) is 1.79. The predicted octanol–water partition coefficient (Wildman–Crippen LogP) is -0.759. The number of carbonyl (C=O) groups is 1. The molecule has 0 bridgehead atoms. The highest BCUT2D eigenvalue weighted by Crippen LogP contribution is 1.81. The molecule has 1 amide bonds. The molecule has 5 nitrogen and oxygen atoms in total. The maximum absolute atomic E-state index is 10.4. The fourth-order valence-electron chi connectivity index (χ4n) is 0.488. The third-order valence-corrected chi connectivity index (χ3v) is 0.926. The lowest BCUT2D eigenvalue weighted by atomic mass is 10.6. The Morgan fingerprint density at radius 2 is 2.70 bits per heavy atom. The van der Waals surface area contributed by atoms with Crippen LogP contribution in [0.4, 0.5) is 0 Å². The van der Waals surface area contributed by atoms with Crippen molar-refractivity contribution in [3.05, 3.63) is 12.2 Å². The molecule has 2 N–H and O–H groups in total. The molecule has 0 aromatic carbocycles. The molecule has 0 aliphatic rings. The standard InChI is InChI=1S/C5H7N4O/c1-4(10)6-2-5-7-3-8-9-5/h2H2,1H3,(H,6,10)(H,7,8,9). The highest BCUT2D eigenvalue weighted by Gasteiger charge is 1.95. The van der Waals surface area contributed by atoms with Gasteiger partial charge in [-0.1, -0.05) is 0 Å². The zero-order chi connectivity index (χ0) is 7.40. The van der Waals surface area contributed by atoms with E-state index in [9.17, 15) is 4.79 Å². The molecule has 1 radical (unpaired) electrons. The molecule has 0 fully saturated rings. The number of aromatic nitrogens is 3. The molecule has 0 aliphatic carbocycles. The minimum absolute atomic E-state index is 0.0867. The Kier molecular flexibility index (Phi) is 1.99. The fourth-order valence-corrected chi connectivity index (χ4v) is 0.488. The Bertz CT molecular complexity index is 205. The van der Waals surface area contributed by atoms with Crippen LogP contribution in [0.5, 0.6) is 0 Å². The van der Waals surface area contributed by atoms with Crippen LogP contribution >= 0.6 is 0 Å². The van der Waals surface area contributed by atoms with Crippen molar-refractivity contribution in [1.29, 1.82) is 0 Å². The van der Waals surface area contributed by atoms with E-state index in [1.54, 1.807) is 0 Å². The van der Waals surface area contributed by atoms with Crippen LogP contribution in [0, 0.1) is 6.33 Å². The monoisotopic (exact) mass is 139 g/mol. The van der Waals surface area contributed by atoms with Crippen molar-refractivity contribution in [1.82, 2.24) is 20.5 Å². The van der Waals surface area contributed by atoms with Gasteiger partial charge in [-0.2, -0.15) is 0 Å². The second-order valence-electron chi connectivity index (χ2n) is 1.79. The summed E-state index contributed by atoms with van der Waals surface area (Å²) in [5, 5.41) is 9.59. The van der Waals surface area contributed by atoms with Gasteiger partial charge in [0.25, 0.3) is 0 Å². The lowest BCUT2D eigenvalue weighted by molar-refractivity contribution is -0.119. The molecule has 0 unspecified atom stereocenters. The summed E-state index contributed by atoms with van der Waals surface area (Å²) < 4.78 is 0. The first-order chi connectivity index (χ1) is 4.79. The molecular formula is C5H7N4O. The van der Waals surface area contributed by atoms with Gasteiger partial charge >= 0.3 is 0 Å². The van der Waals surface area contributed by atoms with Gasteiger partial charge in [-0.05, 0) is 0 Å². The Morgan fingerprint density at radius 3 is 3.20 bits per heavy atom. The topological polar surface area (TPSA) is 70.7 Å². The number of hydrogen-bond donors (Lipinski definition) is 2. The first kappa shape index (κ1) is 6.73. The van der Waals surface area contributed by atoms with E-state index in [2.05, 4.69) is 26.8 Å². The van der Waals surface area contributed by atoms with Gasteiger partial charge in [0, 0.05) is 6.92 Å². The van der Waals surface area contributed by atoms with E-state index < -0.39 is 0 Å². The van der Waals surface area contributed by atoms with Gasteiger partial charge < -0.3 is 10.3 Å². The lowest BCUT2D eigenvalue weighted by Gasteiger charge is -1.94. The van der Waals surface area contributed by atoms with Crippen LogP contribution in [0.3, 0.4) is 0 Å². The van der Waals surface area contributed by atoms with Crippen LogP contribution in [0.15, 0.2) is 0 Å². The summed E-state index contributed by atoms with van der Waals surface area (Å²) >= 11 is 0. The Balaban J connectivity index is 2.35. The van der Waals surface area contributed by atoms with Crippen LogP contribution in [0.2, 0.25) is 0 Å². The number of hydrogen-bond acceptors (Lipinski definition) is 3. The average molecular weight is 139 g/mol. The van der Waals surface area contributed by atoms with Crippen molar-refractivity contribution < 1.29 is 4.79 Å². The van der Waals surface area contributed by atoms with E-state index in [-0.39, 0.29) is 5.91 Å². The van der Waals surface area contributed by atoms with Crippen molar-refractivity contribution in [3.8, 4) is 0 Å². The maximum Gasteiger partial charge on any atom is 0.217 e. The van der Waals surface area contributed by atoms with Crippen LogP contribution in [-0.4, -0.2) is 21.1 Å². The van der Waals surface area contributed by atoms with E-state index in [1.165, 1.54) is 6.92 Å². The predicted molar refractivity (Wildman–Crippen MR) is 32.7 cm³/mol. The van der Waals surface area contributed by atoms with E-state index in [1.807, 2.05) is 0 Å². The molecule has 0 spiro atoms. The normalized spacial score (nSPS) is 9.30. The largest absolute Gasteiger partial charge is 0.349 e. The summed E-state index contributed by atoms with van der Waals surface area (Å²) in [4.78, 5) is 13.0. The summed E-state index contributed by atoms with van der Waals surface area (Å²) in [5.74, 6) is 0.520. The van der Waals surface area contributed by atoms with Crippen molar-refractivity contribution in [2.75, 3.05) is 0 Å². The van der Waals surface area contributed by atoms with Gasteiger partial charge in [0.2, 0.25) is 5.91 Å². The van der Waals surface area contributed by atoms with Gasteiger partial charge in [-0.3, -0.25) is 4.79 Å². The minimum Gasteiger partial charge on any atom is -0.349 e. The van der Waals surface area contributed by atoms with E-state index >= 15 is 0 Å². The molecule has 1 aromatic heterocycles. The molecule has 1 heterocycles. The molecule has 0 saturated heterocycles. The summed E-state index contributed by atoms with van der Waals surface area (Å²) in [7, 11) is 0. The molecule has 1 rings (SSSR count). The third kappa shape index (κ3) is 1.85. The van der Waals surface area contributed by atoms with Gasteiger partial charge in [0.15, 0.2) is 6.33 Å². The first-order valence-electron chi connectivity index (χ1n) is 2.81. The fraction of sp³-hybridized carbons (Fsp3) is 0.400. The number of nitrogens with one attached hydrogen (secondary N) is 2. The van der Waals surface area contributed by atoms with E-state index in [0.717, 1.165) is 0 Å². The minimum atomic E-state index is -0.0867. The zero-order valence-electron chi connectivity index (χ0n) is 5.51. The highest BCUT2D eigenvalue weighted by molar-refractivity contribution is 5.72. The summed E-state index contributed by atoms with van der Waals surface area (Å²) in [5.41, 5.74) is 0. The van der Waals surface area contributed by atoms with Gasteiger partial charge in [0.05, 0.1) is 6.54 Å². The zero-order valence-corrected chi connectivity index (χ0v) is 5.51. The Hall–Kier alpha value is -1.39. The summed E-state index contributed by atoms with van der Waals surface area (Å²) in [6.07, 6.45) is 2.42. The van der Waals surface area contributed by atoms with Gasteiger partial charge in [0.1, 0.15) is 5.82 Å². The number of aromatic amines is 1. The first-order valence-corrected chi connectivity index (χ1v) is 2.81.